The van der Waals surface area contributed by atoms with E-state index in [9.17, 15) is 4.39 Å². The lowest BCUT2D eigenvalue weighted by Gasteiger charge is -2.36. The van der Waals surface area contributed by atoms with E-state index in [-0.39, 0.29) is 29.8 Å². The van der Waals surface area contributed by atoms with Gasteiger partial charge in [-0.3, -0.25) is 0 Å². The lowest BCUT2D eigenvalue weighted by molar-refractivity contribution is 0.380. The van der Waals surface area contributed by atoms with Crippen molar-refractivity contribution >= 4 is 35.6 Å². The topological polar surface area (TPSA) is 62.7 Å². The molecule has 2 N–H and O–H groups in total. The predicted octanol–water partition coefficient (Wildman–Crippen LogP) is 3.33. The fourth-order valence-electron chi connectivity index (χ4n) is 3.46. The minimum absolute atomic E-state index is 0. The van der Waals surface area contributed by atoms with Crippen molar-refractivity contribution in [3.63, 3.8) is 0 Å². The number of nitrogens with zero attached hydrogens (tertiary/aromatic N) is 5. The highest BCUT2D eigenvalue weighted by Gasteiger charge is 2.18. The maximum atomic E-state index is 13.1. The molecule has 2 heterocycles. The molecule has 1 aliphatic heterocycles. The normalized spacial score (nSPS) is 14.5. The molecule has 158 valence electrons. The first kappa shape index (κ1) is 22.1. The van der Waals surface area contributed by atoms with Crippen LogP contribution in [0.3, 0.4) is 0 Å². The van der Waals surface area contributed by atoms with Crippen LogP contribution < -0.4 is 10.6 Å². The lowest BCUT2D eigenvalue weighted by Crippen LogP contribution is -2.51. The lowest BCUT2D eigenvalue weighted by atomic mass is 10.1. The van der Waals surface area contributed by atoms with Crippen molar-refractivity contribution in [3.05, 3.63) is 84.2 Å². The molecule has 3 aromatic rings. The van der Waals surface area contributed by atoms with Crippen LogP contribution in [-0.4, -0.2) is 46.6 Å². The van der Waals surface area contributed by atoms with Gasteiger partial charge in [0.1, 0.15) is 5.82 Å². The van der Waals surface area contributed by atoms with E-state index in [1.807, 2.05) is 29.2 Å². The van der Waals surface area contributed by atoms with Crippen molar-refractivity contribution in [2.24, 2.45) is 10.7 Å². The first-order chi connectivity index (χ1) is 14.2. The Kier molecular flexibility index (Phi) is 7.67. The first-order valence-electron chi connectivity index (χ1n) is 9.76. The highest BCUT2D eigenvalue weighted by atomic mass is 127. The summed E-state index contributed by atoms with van der Waals surface area (Å²) in [5.74, 6) is 0.366. The zero-order valence-corrected chi connectivity index (χ0v) is 19.0. The molecule has 0 unspecified atom stereocenters. The summed E-state index contributed by atoms with van der Waals surface area (Å²) >= 11 is 0. The van der Waals surface area contributed by atoms with E-state index in [1.54, 1.807) is 6.20 Å². The second-order valence-corrected chi connectivity index (χ2v) is 7.18. The molecule has 30 heavy (non-hydrogen) atoms. The molecule has 0 bridgehead atoms. The third-order valence-corrected chi connectivity index (χ3v) is 5.17. The zero-order valence-electron chi connectivity index (χ0n) is 16.7. The van der Waals surface area contributed by atoms with Crippen LogP contribution in [0, 0.1) is 5.82 Å². The Morgan fingerprint density at radius 1 is 0.967 bits per heavy atom. The van der Waals surface area contributed by atoms with Crippen LogP contribution in [0.1, 0.15) is 11.1 Å². The Morgan fingerprint density at radius 2 is 1.63 bits per heavy atom. The number of hydrogen-bond acceptors (Lipinski definition) is 3. The van der Waals surface area contributed by atoms with Gasteiger partial charge in [0.25, 0.3) is 0 Å². The minimum atomic E-state index is -0.210. The Morgan fingerprint density at radius 3 is 2.27 bits per heavy atom. The van der Waals surface area contributed by atoms with Gasteiger partial charge < -0.3 is 20.1 Å². The molecule has 6 nitrogen and oxygen atoms in total. The maximum Gasteiger partial charge on any atom is 0.191 e. The van der Waals surface area contributed by atoms with Crippen LogP contribution in [0.15, 0.2) is 72.2 Å². The fraction of sp³-hybridized carbons (Fsp3) is 0.273. The number of imidazole rings is 1. The third kappa shape index (κ3) is 5.71. The van der Waals surface area contributed by atoms with Crippen molar-refractivity contribution < 1.29 is 4.39 Å². The molecular formula is C22H26FIN6. The highest BCUT2D eigenvalue weighted by Crippen LogP contribution is 2.17. The molecule has 1 aromatic heterocycles. The van der Waals surface area contributed by atoms with Crippen molar-refractivity contribution in [3.8, 4) is 0 Å². The van der Waals surface area contributed by atoms with Gasteiger partial charge in [-0.25, -0.2) is 14.4 Å². The standard InChI is InChI=1S/C22H25FN6.HI/c23-20-5-7-21(8-6-20)28-11-13-29(14-12-28)22(24)26-15-18-1-3-19(4-2-18)16-27-10-9-25-17-27;/h1-10,17H,11-16H2,(H2,24,26);1H. The van der Waals surface area contributed by atoms with Gasteiger partial charge in [0.2, 0.25) is 0 Å². The van der Waals surface area contributed by atoms with Gasteiger partial charge >= 0.3 is 0 Å². The summed E-state index contributed by atoms with van der Waals surface area (Å²) in [6.07, 6.45) is 5.55. The van der Waals surface area contributed by atoms with E-state index in [0.717, 1.165) is 44.0 Å². The van der Waals surface area contributed by atoms with Crippen LogP contribution in [0.2, 0.25) is 0 Å². The molecule has 0 radical (unpaired) electrons. The Bertz CT molecular complexity index is 933. The van der Waals surface area contributed by atoms with E-state index < -0.39 is 0 Å². The van der Waals surface area contributed by atoms with Crippen LogP contribution >= 0.6 is 24.0 Å². The summed E-state index contributed by atoms with van der Waals surface area (Å²) in [5.41, 5.74) is 9.61. The van der Waals surface area contributed by atoms with Gasteiger partial charge in [-0.1, -0.05) is 24.3 Å². The number of benzene rings is 2. The molecule has 0 spiro atoms. The minimum Gasteiger partial charge on any atom is -0.370 e. The van der Waals surface area contributed by atoms with Crippen molar-refractivity contribution in [1.29, 1.82) is 0 Å². The molecular weight excluding hydrogens is 494 g/mol. The second-order valence-electron chi connectivity index (χ2n) is 7.18. The molecule has 1 aliphatic rings. The van der Waals surface area contributed by atoms with Crippen LogP contribution in [0.25, 0.3) is 0 Å². The highest BCUT2D eigenvalue weighted by molar-refractivity contribution is 14.0. The van der Waals surface area contributed by atoms with Crippen molar-refractivity contribution in [2.75, 3.05) is 31.1 Å². The number of rotatable bonds is 5. The molecule has 2 aromatic carbocycles. The SMILES string of the molecule is I.NC(=NCc1ccc(Cn2ccnc2)cc1)N1CCN(c2ccc(F)cc2)CC1. The van der Waals surface area contributed by atoms with E-state index in [0.29, 0.717) is 12.5 Å². The summed E-state index contributed by atoms with van der Waals surface area (Å²) in [5, 5.41) is 0. The van der Waals surface area contributed by atoms with Gasteiger partial charge in [-0.15, -0.1) is 24.0 Å². The molecule has 0 atom stereocenters. The summed E-state index contributed by atoms with van der Waals surface area (Å²) in [6, 6.07) is 15.0. The second kappa shape index (κ2) is 10.4. The average molecular weight is 520 g/mol. The summed E-state index contributed by atoms with van der Waals surface area (Å²) in [7, 11) is 0. The van der Waals surface area contributed by atoms with E-state index >= 15 is 0 Å². The first-order valence-corrected chi connectivity index (χ1v) is 9.76. The van der Waals surface area contributed by atoms with Crippen LogP contribution in [0.5, 0.6) is 0 Å². The van der Waals surface area contributed by atoms with Gasteiger partial charge in [-0.2, -0.15) is 0 Å². The van der Waals surface area contributed by atoms with Gasteiger partial charge in [-0.05, 0) is 35.4 Å². The van der Waals surface area contributed by atoms with Gasteiger partial charge in [0.15, 0.2) is 5.96 Å². The number of nitrogens with two attached hydrogens (primary N) is 1. The maximum absolute atomic E-state index is 13.1. The molecule has 0 aliphatic carbocycles. The van der Waals surface area contributed by atoms with E-state index in [4.69, 9.17) is 5.73 Å². The summed E-state index contributed by atoms with van der Waals surface area (Å²) in [6.45, 7) is 4.65. The Labute approximate surface area is 193 Å². The van der Waals surface area contributed by atoms with Gasteiger partial charge in [0.05, 0.1) is 12.9 Å². The third-order valence-electron chi connectivity index (χ3n) is 5.17. The molecule has 1 fully saturated rings. The summed E-state index contributed by atoms with van der Waals surface area (Å²) in [4.78, 5) is 13.0. The smallest absolute Gasteiger partial charge is 0.191 e. The number of anilines is 1. The molecule has 8 heteroatoms. The van der Waals surface area contributed by atoms with Crippen molar-refractivity contribution in [2.45, 2.75) is 13.1 Å². The summed E-state index contributed by atoms with van der Waals surface area (Å²) < 4.78 is 15.1. The number of hydrogen-bond donors (Lipinski definition) is 1. The monoisotopic (exact) mass is 520 g/mol. The molecule has 4 rings (SSSR count). The largest absolute Gasteiger partial charge is 0.370 e. The Hall–Kier alpha value is -2.62. The molecule has 0 saturated carbocycles. The number of piperazine rings is 1. The van der Waals surface area contributed by atoms with E-state index in [2.05, 4.69) is 44.0 Å². The van der Waals surface area contributed by atoms with E-state index in [1.165, 1.54) is 17.7 Å². The number of guanidine groups is 1. The zero-order chi connectivity index (χ0) is 20.1. The number of halogens is 2. The molecule has 0 amide bonds. The van der Waals surface area contributed by atoms with Crippen LogP contribution in [-0.2, 0) is 13.1 Å². The fourth-order valence-corrected chi connectivity index (χ4v) is 3.46. The average Bonchev–Trinajstić information content (AvgIpc) is 3.27. The van der Waals surface area contributed by atoms with Crippen molar-refractivity contribution in [1.82, 2.24) is 14.5 Å². The Balaban J connectivity index is 0.00000256. The van der Waals surface area contributed by atoms with Crippen LogP contribution in [0.4, 0.5) is 10.1 Å². The predicted molar refractivity (Wildman–Crippen MR) is 129 cm³/mol. The molecule has 1 saturated heterocycles. The number of aromatic nitrogens is 2. The van der Waals surface area contributed by atoms with Gasteiger partial charge in [0, 0.05) is 50.8 Å². The quantitative estimate of drug-likeness (QED) is 0.319. The number of aliphatic imine (C=N–C) groups is 1.